The summed E-state index contributed by atoms with van der Waals surface area (Å²) in [5.41, 5.74) is 8.17. The van der Waals surface area contributed by atoms with E-state index in [1.807, 2.05) is 0 Å². The summed E-state index contributed by atoms with van der Waals surface area (Å²) in [7, 11) is -7.50. The van der Waals surface area contributed by atoms with Gasteiger partial charge in [0.05, 0.1) is 32.5 Å². The van der Waals surface area contributed by atoms with Crippen molar-refractivity contribution in [2.24, 2.45) is 10.2 Å². The molecule has 22 heteroatoms. The van der Waals surface area contributed by atoms with E-state index in [4.69, 9.17) is 0 Å². The van der Waals surface area contributed by atoms with Crippen LogP contribution in [-0.2, 0) is 56.6 Å². The van der Waals surface area contributed by atoms with E-state index >= 15 is 0 Å². The van der Waals surface area contributed by atoms with Gasteiger partial charge < -0.3 is 20.8 Å². The minimum absolute atomic E-state index is 0. The fourth-order valence-electron chi connectivity index (χ4n) is 5.81. The van der Waals surface area contributed by atoms with Gasteiger partial charge in [0, 0.05) is 55.4 Å². The van der Waals surface area contributed by atoms with Crippen LogP contribution in [-0.4, -0.2) is 74.9 Å². The van der Waals surface area contributed by atoms with Crippen LogP contribution < -0.4 is 60.5 Å². The molecule has 6 rings (SSSR count). The van der Waals surface area contributed by atoms with Crippen molar-refractivity contribution in [1.82, 2.24) is 9.44 Å². The molecule has 0 heterocycles. The van der Waals surface area contributed by atoms with Crippen molar-refractivity contribution < 1.29 is 93.1 Å². The van der Waals surface area contributed by atoms with Gasteiger partial charge in [-0.3, -0.25) is 30.0 Å². The Kier molecular flexibility index (Phi) is 18.1. The van der Waals surface area contributed by atoms with Gasteiger partial charge in [-0.1, -0.05) is 50.3 Å². The number of hydrogen-bond donors (Lipinski definition) is 8. The number of carbonyl (C=O) groups is 4. The first-order valence-electron chi connectivity index (χ1n) is 18.0. The summed E-state index contributed by atoms with van der Waals surface area (Å²) in [6.45, 7) is 6.41. The molecule has 4 aromatic rings. The molecule has 0 saturated carbocycles. The maximum absolute atomic E-state index is 12.5. The Bertz CT molecular complexity index is 2570. The van der Waals surface area contributed by atoms with Gasteiger partial charge >= 0.3 is 29.6 Å². The molecule has 4 aromatic carbocycles. The van der Waals surface area contributed by atoms with Gasteiger partial charge in [-0.25, -0.2) is 26.3 Å². The number of allylic oxidation sites excluding steroid dienone is 2. The average Bonchev–Trinajstić information content (AvgIpc) is 3.18. The number of amides is 2. The standard InChI is InChI=1S/2C20H20N4O5S.Cr.Na/c2*1-3-21-30(28,29)14-8-10-17(26)16(11-14)23-24-20-18(27)9-7-13-5-4-6-15(19(13)20)22-12(2)25;;/h2*4-11,21,23,26H,3H2,1-2H3,(H,22,25);;/q;;;+1/b2*24-20+;;. The number of nitrogens with zero attached hydrogens (tertiary/aromatic N) is 2. The first-order chi connectivity index (χ1) is 28.4. The van der Waals surface area contributed by atoms with Crippen LogP contribution in [0, 0.1) is 0 Å². The van der Waals surface area contributed by atoms with E-state index < -0.39 is 31.6 Å². The molecule has 0 radical (unpaired) electrons. The van der Waals surface area contributed by atoms with Crippen LogP contribution in [0.15, 0.2) is 105 Å². The van der Waals surface area contributed by atoms with Crippen molar-refractivity contribution in [3.63, 3.8) is 0 Å². The Morgan fingerprint density at radius 1 is 0.581 bits per heavy atom. The van der Waals surface area contributed by atoms with E-state index in [0.29, 0.717) is 33.6 Å². The second-order valence-electron chi connectivity index (χ2n) is 12.8. The van der Waals surface area contributed by atoms with Crippen LogP contribution in [0.3, 0.4) is 0 Å². The predicted molar refractivity (Wildman–Crippen MR) is 228 cm³/mol. The number of ketones is 2. The number of nitrogens with one attached hydrogen (secondary N) is 6. The summed E-state index contributed by atoms with van der Waals surface area (Å²) >= 11 is 0. The van der Waals surface area contributed by atoms with E-state index in [-0.39, 0.29) is 116 Å². The fraction of sp³-hybridized carbons (Fsp3) is 0.150. The monoisotopic (exact) mass is 931 g/mol. The van der Waals surface area contributed by atoms with Crippen LogP contribution in [0.4, 0.5) is 22.7 Å². The molecule has 0 unspecified atom stereocenters. The first kappa shape index (κ1) is 50.9. The largest absolute Gasteiger partial charge is 1.00 e. The van der Waals surface area contributed by atoms with Crippen molar-refractivity contribution in [3.8, 4) is 11.5 Å². The molecule has 0 atom stereocenters. The predicted octanol–water partition coefficient (Wildman–Crippen LogP) is 1.12. The molecule has 0 bridgehead atoms. The normalized spacial score (nSPS) is 14.0. The van der Waals surface area contributed by atoms with Crippen molar-refractivity contribution in [1.29, 1.82) is 0 Å². The summed E-state index contributed by atoms with van der Waals surface area (Å²) < 4.78 is 53.5. The summed E-state index contributed by atoms with van der Waals surface area (Å²) in [4.78, 5) is 47.9. The number of phenolic OH excluding ortho intramolecular Hbond substituents is 2. The summed E-state index contributed by atoms with van der Waals surface area (Å²) in [6.07, 6.45) is 5.91. The van der Waals surface area contributed by atoms with E-state index in [1.54, 1.807) is 62.4 Å². The third-order valence-electron chi connectivity index (χ3n) is 8.39. The number of benzene rings is 4. The molecule has 2 amide bonds. The van der Waals surface area contributed by atoms with Gasteiger partial charge in [0.25, 0.3) is 0 Å². The van der Waals surface area contributed by atoms with Crippen molar-refractivity contribution >= 4 is 89.8 Å². The number of carbonyl (C=O) groups excluding carboxylic acids is 4. The molecule has 318 valence electrons. The molecule has 0 aromatic heterocycles. The number of hydrazone groups is 2. The Balaban J connectivity index is 0.000000320. The van der Waals surface area contributed by atoms with Crippen molar-refractivity contribution in [2.75, 3.05) is 34.6 Å². The smallest absolute Gasteiger partial charge is 0.506 e. The third-order valence-corrected chi connectivity index (χ3v) is 11.5. The summed E-state index contributed by atoms with van der Waals surface area (Å²) in [6, 6.07) is 17.6. The zero-order valence-corrected chi connectivity index (χ0v) is 38.8. The number of sulfonamides is 2. The van der Waals surface area contributed by atoms with Gasteiger partial charge in [-0.05, 0) is 71.8 Å². The molecule has 8 N–H and O–H groups in total. The van der Waals surface area contributed by atoms with Gasteiger partial charge in [-0.2, -0.15) is 10.2 Å². The van der Waals surface area contributed by atoms with Gasteiger partial charge in [0.15, 0.2) is 0 Å². The van der Waals surface area contributed by atoms with E-state index in [0.717, 1.165) is 0 Å². The number of fused-ring (bicyclic) bond motifs is 2. The van der Waals surface area contributed by atoms with Crippen LogP contribution in [0.2, 0.25) is 0 Å². The first-order valence-corrected chi connectivity index (χ1v) is 21.0. The van der Waals surface area contributed by atoms with Crippen LogP contribution in [0.25, 0.3) is 12.2 Å². The Hall–Kier alpha value is -5.47. The Labute approximate surface area is 390 Å². The number of phenols is 2. The topological polar surface area (TPSA) is 274 Å². The molecule has 18 nitrogen and oxygen atoms in total. The summed E-state index contributed by atoms with van der Waals surface area (Å²) in [5.74, 6) is -1.94. The molecule has 62 heavy (non-hydrogen) atoms. The molecule has 0 aliphatic heterocycles. The Morgan fingerprint density at radius 2 is 0.952 bits per heavy atom. The molecule has 0 saturated heterocycles. The van der Waals surface area contributed by atoms with E-state index in [9.17, 15) is 46.2 Å². The quantitative estimate of drug-likeness (QED) is 0.0565. The van der Waals surface area contributed by atoms with Crippen LogP contribution in [0.5, 0.6) is 11.5 Å². The van der Waals surface area contributed by atoms with Gasteiger partial charge in [0.2, 0.25) is 43.4 Å². The average molecular weight is 932 g/mol. The fourth-order valence-corrected chi connectivity index (χ4v) is 7.95. The number of aromatic hydroxyl groups is 2. The minimum Gasteiger partial charge on any atom is -0.506 e. The van der Waals surface area contributed by atoms with Crippen LogP contribution >= 0.6 is 0 Å². The molecule has 2 aliphatic carbocycles. The second-order valence-corrected chi connectivity index (χ2v) is 16.3. The van der Waals surface area contributed by atoms with E-state index in [1.165, 1.54) is 62.4 Å². The molecule has 0 spiro atoms. The van der Waals surface area contributed by atoms with E-state index in [2.05, 4.69) is 41.1 Å². The molecular weight excluding hydrogens is 892 g/mol. The van der Waals surface area contributed by atoms with Gasteiger partial charge in [0.1, 0.15) is 22.9 Å². The second kappa shape index (κ2) is 22.1. The number of rotatable bonds is 12. The number of anilines is 4. The minimum atomic E-state index is -3.75. The summed E-state index contributed by atoms with van der Waals surface area (Å²) in [5, 5.41) is 33.7. The molecule has 0 fully saturated rings. The maximum atomic E-state index is 12.5. The maximum Gasteiger partial charge on any atom is 1.00 e. The van der Waals surface area contributed by atoms with Crippen molar-refractivity contribution in [2.45, 2.75) is 37.5 Å². The molecule has 2 aliphatic rings. The Morgan fingerprint density at radius 3 is 1.29 bits per heavy atom. The van der Waals surface area contributed by atoms with Gasteiger partial charge in [-0.15, -0.1) is 0 Å². The third kappa shape index (κ3) is 12.3. The zero-order valence-electron chi connectivity index (χ0n) is 33.9. The number of hydrogen-bond acceptors (Lipinski definition) is 14. The van der Waals surface area contributed by atoms with Crippen molar-refractivity contribution in [3.05, 3.63) is 107 Å². The SMILES string of the molecule is CCNS(=O)(=O)c1ccc(O)c(N/N=C2\C(=O)C=Cc3cccc(NC(C)=O)c32)c1.CCNS(=O)(=O)c1ccc(O)c(N/N=C2\C(=O)C=Cc3cccc(NC(C)=O)c32)c1.[Cr].[Na+]. The van der Waals surface area contributed by atoms with Crippen LogP contribution in [0.1, 0.15) is 49.9 Å². The molecular formula is C40H40CrN8NaO10S2+. The zero-order chi connectivity index (χ0) is 43.8.